The lowest BCUT2D eigenvalue weighted by Gasteiger charge is -2.10. The number of rotatable bonds is 3. The number of aliphatic hydroxyl groups is 1. The van der Waals surface area contributed by atoms with Gasteiger partial charge in [-0.1, -0.05) is 0 Å². The topological polar surface area (TPSA) is 60.2 Å². The number of hydrogen-bond donors (Lipinski definition) is 1. The van der Waals surface area contributed by atoms with Crippen LogP contribution in [0.1, 0.15) is 5.82 Å². The van der Waals surface area contributed by atoms with Crippen LogP contribution in [0.2, 0.25) is 0 Å². The van der Waals surface area contributed by atoms with Gasteiger partial charge in [-0.05, 0) is 24.3 Å². The van der Waals surface area contributed by atoms with E-state index in [1.54, 1.807) is 0 Å². The number of aromatic nitrogens is 3. The first kappa shape index (κ1) is 12.4. The molecule has 8 heteroatoms. The molecule has 18 heavy (non-hydrogen) atoms. The molecule has 0 aliphatic carbocycles. The molecule has 96 valence electrons. The van der Waals surface area contributed by atoms with Crippen molar-refractivity contribution in [3.8, 4) is 11.4 Å². The Morgan fingerprint density at radius 2 is 1.89 bits per heavy atom. The predicted octanol–water partition coefficient (Wildman–Crippen LogP) is 1.66. The summed E-state index contributed by atoms with van der Waals surface area (Å²) in [7, 11) is 0. The van der Waals surface area contributed by atoms with E-state index in [1.807, 2.05) is 0 Å². The van der Waals surface area contributed by atoms with E-state index in [9.17, 15) is 13.2 Å². The Hall–Kier alpha value is -2.09. The molecule has 0 unspecified atom stereocenters. The van der Waals surface area contributed by atoms with E-state index in [2.05, 4.69) is 14.9 Å². The van der Waals surface area contributed by atoms with Crippen LogP contribution in [0.5, 0.6) is 5.75 Å². The van der Waals surface area contributed by atoms with Gasteiger partial charge in [0.15, 0.2) is 5.82 Å². The van der Waals surface area contributed by atoms with Crippen LogP contribution in [0.3, 0.4) is 0 Å². The monoisotopic (exact) mass is 259 g/mol. The summed E-state index contributed by atoms with van der Waals surface area (Å²) in [5, 5.41) is 16.2. The van der Waals surface area contributed by atoms with Gasteiger partial charge >= 0.3 is 6.36 Å². The average Bonchev–Trinajstić information content (AvgIpc) is 2.76. The van der Waals surface area contributed by atoms with Crippen LogP contribution in [0, 0.1) is 0 Å². The molecule has 1 N–H and O–H groups in total. The number of halogens is 3. The Balaban J connectivity index is 2.23. The molecule has 5 nitrogen and oxygen atoms in total. The third-order valence-electron chi connectivity index (χ3n) is 2.11. The van der Waals surface area contributed by atoms with E-state index in [0.29, 0.717) is 11.5 Å². The zero-order chi connectivity index (χ0) is 13.2. The number of ether oxygens (including phenoxy) is 1. The summed E-state index contributed by atoms with van der Waals surface area (Å²) in [5.74, 6) is -0.0237. The normalized spacial score (nSPS) is 11.6. The van der Waals surface area contributed by atoms with Gasteiger partial charge in [-0.2, -0.15) is 0 Å². The van der Waals surface area contributed by atoms with E-state index in [1.165, 1.54) is 35.2 Å². The summed E-state index contributed by atoms with van der Waals surface area (Å²) in [4.78, 5) is 0. The van der Waals surface area contributed by atoms with Crippen molar-refractivity contribution < 1.29 is 23.0 Å². The number of benzene rings is 1. The largest absolute Gasteiger partial charge is 0.573 e. The second kappa shape index (κ2) is 4.65. The molecule has 0 spiro atoms. The third kappa shape index (κ3) is 2.77. The molecule has 2 rings (SSSR count). The van der Waals surface area contributed by atoms with Crippen LogP contribution in [0.25, 0.3) is 5.69 Å². The maximum Gasteiger partial charge on any atom is 0.573 e. The minimum atomic E-state index is -4.71. The summed E-state index contributed by atoms with van der Waals surface area (Å²) in [6, 6.07) is 5.15. The summed E-state index contributed by atoms with van der Waals surface area (Å²) in [6.07, 6.45) is -3.36. The molecule has 0 amide bonds. The van der Waals surface area contributed by atoms with Crippen LogP contribution in [-0.4, -0.2) is 26.2 Å². The Morgan fingerprint density at radius 3 is 2.44 bits per heavy atom. The first-order chi connectivity index (χ1) is 8.49. The molecule has 1 aromatic heterocycles. The van der Waals surface area contributed by atoms with Gasteiger partial charge in [0, 0.05) is 5.69 Å². The molecular formula is C10H8F3N3O2. The number of alkyl halides is 3. The van der Waals surface area contributed by atoms with Gasteiger partial charge in [-0.15, -0.1) is 23.4 Å². The van der Waals surface area contributed by atoms with Crippen LogP contribution in [0.4, 0.5) is 13.2 Å². The van der Waals surface area contributed by atoms with Gasteiger partial charge in [0.25, 0.3) is 0 Å². The summed E-state index contributed by atoms with van der Waals surface area (Å²) in [6.45, 7) is -0.319. The smallest absolute Gasteiger partial charge is 0.406 e. The summed E-state index contributed by atoms with van der Waals surface area (Å²) < 4.78 is 41.1. The van der Waals surface area contributed by atoms with Gasteiger partial charge in [0.05, 0.1) is 0 Å². The Kier molecular flexibility index (Phi) is 3.19. The van der Waals surface area contributed by atoms with Crippen LogP contribution in [-0.2, 0) is 6.61 Å². The number of hydrogen-bond acceptors (Lipinski definition) is 4. The standard InChI is InChI=1S/C10H8F3N3O2/c11-10(12,13)18-8-3-1-7(2-4-8)16-6-14-15-9(16)5-17/h1-4,6,17H,5H2. The van der Waals surface area contributed by atoms with Crippen LogP contribution < -0.4 is 4.74 Å². The minimum absolute atomic E-state index is 0.291. The van der Waals surface area contributed by atoms with Crippen molar-refractivity contribution in [3.63, 3.8) is 0 Å². The second-order valence-corrected chi connectivity index (χ2v) is 3.32. The van der Waals surface area contributed by atoms with Crippen molar-refractivity contribution >= 4 is 0 Å². The number of aliphatic hydroxyl groups excluding tert-OH is 1. The van der Waals surface area contributed by atoms with Crippen molar-refractivity contribution in [2.45, 2.75) is 13.0 Å². The molecule has 0 bridgehead atoms. The zero-order valence-corrected chi connectivity index (χ0v) is 8.92. The number of nitrogens with zero attached hydrogens (tertiary/aromatic N) is 3. The van der Waals surface area contributed by atoms with Crippen molar-refractivity contribution in [2.24, 2.45) is 0 Å². The molecule has 2 aromatic rings. The molecule has 0 aliphatic heterocycles. The lowest BCUT2D eigenvalue weighted by Crippen LogP contribution is -2.17. The fourth-order valence-corrected chi connectivity index (χ4v) is 1.39. The van der Waals surface area contributed by atoms with Crippen LogP contribution >= 0.6 is 0 Å². The first-order valence-electron chi connectivity index (χ1n) is 4.85. The maximum absolute atomic E-state index is 12.0. The summed E-state index contributed by atoms with van der Waals surface area (Å²) >= 11 is 0. The van der Waals surface area contributed by atoms with E-state index in [0.717, 1.165) is 0 Å². The molecular weight excluding hydrogens is 251 g/mol. The zero-order valence-electron chi connectivity index (χ0n) is 8.92. The molecule has 0 radical (unpaired) electrons. The third-order valence-corrected chi connectivity index (χ3v) is 2.11. The fourth-order valence-electron chi connectivity index (χ4n) is 1.39. The highest BCUT2D eigenvalue weighted by atomic mass is 19.4. The Bertz CT molecular complexity index is 522. The molecule has 0 saturated carbocycles. The average molecular weight is 259 g/mol. The molecule has 0 saturated heterocycles. The van der Waals surface area contributed by atoms with Gasteiger partial charge in [0.1, 0.15) is 18.7 Å². The summed E-state index contributed by atoms with van der Waals surface area (Å²) in [5.41, 5.74) is 0.526. The van der Waals surface area contributed by atoms with Gasteiger partial charge in [-0.3, -0.25) is 4.57 Å². The lowest BCUT2D eigenvalue weighted by molar-refractivity contribution is -0.274. The highest BCUT2D eigenvalue weighted by Gasteiger charge is 2.30. The highest BCUT2D eigenvalue weighted by molar-refractivity contribution is 5.37. The van der Waals surface area contributed by atoms with E-state index in [4.69, 9.17) is 5.11 Å². The van der Waals surface area contributed by atoms with Crippen molar-refractivity contribution in [1.29, 1.82) is 0 Å². The fraction of sp³-hybridized carbons (Fsp3) is 0.200. The van der Waals surface area contributed by atoms with Gasteiger partial charge < -0.3 is 9.84 Å². The first-order valence-corrected chi connectivity index (χ1v) is 4.85. The highest BCUT2D eigenvalue weighted by Crippen LogP contribution is 2.23. The van der Waals surface area contributed by atoms with Crippen molar-refractivity contribution in [2.75, 3.05) is 0 Å². The minimum Gasteiger partial charge on any atom is -0.406 e. The van der Waals surface area contributed by atoms with Gasteiger partial charge in [-0.25, -0.2) is 0 Å². The SMILES string of the molecule is OCc1nncn1-c1ccc(OC(F)(F)F)cc1. The quantitative estimate of drug-likeness (QED) is 0.910. The van der Waals surface area contributed by atoms with Crippen LogP contribution in [0.15, 0.2) is 30.6 Å². The predicted molar refractivity (Wildman–Crippen MR) is 54.0 cm³/mol. The van der Waals surface area contributed by atoms with Crippen molar-refractivity contribution in [1.82, 2.24) is 14.8 Å². The molecule has 0 fully saturated rings. The Morgan fingerprint density at radius 1 is 1.22 bits per heavy atom. The van der Waals surface area contributed by atoms with E-state index >= 15 is 0 Å². The molecule has 1 aromatic carbocycles. The lowest BCUT2D eigenvalue weighted by atomic mass is 10.3. The van der Waals surface area contributed by atoms with Crippen molar-refractivity contribution in [3.05, 3.63) is 36.4 Å². The Labute approximate surface area is 99.4 Å². The van der Waals surface area contributed by atoms with E-state index in [-0.39, 0.29) is 12.4 Å². The van der Waals surface area contributed by atoms with Gasteiger partial charge in [0.2, 0.25) is 0 Å². The van der Waals surface area contributed by atoms with E-state index < -0.39 is 6.36 Å². The maximum atomic E-state index is 12.0. The molecule has 0 atom stereocenters. The molecule has 0 aliphatic rings. The second-order valence-electron chi connectivity index (χ2n) is 3.32. The molecule has 1 heterocycles.